The third-order valence-corrected chi connectivity index (χ3v) is 2.29. The van der Waals surface area contributed by atoms with E-state index < -0.39 is 11.6 Å². The molecule has 0 aromatic rings. The molecule has 56 valence electrons. The summed E-state index contributed by atoms with van der Waals surface area (Å²) in [7, 11) is 0. The van der Waals surface area contributed by atoms with Crippen LogP contribution in [0, 0.1) is 0 Å². The Bertz CT molecular complexity index is 180. The molecule has 0 aromatic carbocycles. The number of hydrogen-bond acceptors (Lipinski definition) is 2. The van der Waals surface area contributed by atoms with Crippen molar-refractivity contribution in [2.45, 2.75) is 37.5 Å². The van der Waals surface area contributed by atoms with Crippen molar-refractivity contribution >= 4 is 5.97 Å². The van der Waals surface area contributed by atoms with Gasteiger partial charge in [0, 0.05) is 6.42 Å². The molecular weight excluding hydrogens is 135 g/mol. The Morgan fingerprint density at radius 3 is 3.10 bits per heavy atom. The van der Waals surface area contributed by atoms with E-state index in [0.29, 0.717) is 12.8 Å². The number of ether oxygens (including phenoxy) is 1. The van der Waals surface area contributed by atoms with Gasteiger partial charge in [0.1, 0.15) is 6.10 Å². The van der Waals surface area contributed by atoms with Gasteiger partial charge < -0.3 is 4.74 Å². The summed E-state index contributed by atoms with van der Waals surface area (Å²) in [5, 5.41) is 0. The summed E-state index contributed by atoms with van der Waals surface area (Å²) in [6, 6.07) is 0. The highest BCUT2D eigenvalue weighted by molar-refractivity contribution is 5.81. The quantitative estimate of drug-likeness (QED) is 0.477. The zero-order valence-corrected chi connectivity index (χ0v) is 5.60. The van der Waals surface area contributed by atoms with E-state index in [1.54, 1.807) is 0 Å². The fourth-order valence-electron chi connectivity index (χ4n) is 1.72. The Labute approximate surface area is 58.4 Å². The van der Waals surface area contributed by atoms with Crippen LogP contribution < -0.4 is 0 Å². The lowest BCUT2D eigenvalue weighted by Crippen LogP contribution is -2.30. The number of esters is 1. The first-order valence-electron chi connectivity index (χ1n) is 3.61. The smallest absolute Gasteiger partial charge is 0.344 e. The average molecular weight is 144 g/mol. The number of carbonyl (C=O) groups excluding carboxylic acids is 1. The first kappa shape index (κ1) is 6.13. The van der Waals surface area contributed by atoms with Gasteiger partial charge in [0.25, 0.3) is 0 Å². The van der Waals surface area contributed by atoms with Gasteiger partial charge in [-0.1, -0.05) is 0 Å². The van der Waals surface area contributed by atoms with E-state index in [4.69, 9.17) is 4.74 Å². The Kier molecular flexibility index (Phi) is 1.05. The molecule has 1 saturated carbocycles. The van der Waals surface area contributed by atoms with Crippen molar-refractivity contribution in [3.8, 4) is 0 Å². The van der Waals surface area contributed by atoms with Gasteiger partial charge >= 0.3 is 5.97 Å². The predicted molar refractivity (Wildman–Crippen MR) is 32.2 cm³/mol. The van der Waals surface area contributed by atoms with Crippen LogP contribution in [-0.4, -0.2) is 17.7 Å². The van der Waals surface area contributed by atoms with Crippen molar-refractivity contribution < 1.29 is 13.9 Å². The molecule has 1 aliphatic carbocycles. The van der Waals surface area contributed by atoms with Crippen LogP contribution in [0.3, 0.4) is 0 Å². The van der Waals surface area contributed by atoms with E-state index >= 15 is 0 Å². The molecular formula is C7H9FO2. The molecule has 2 nitrogen and oxygen atoms in total. The fourth-order valence-corrected chi connectivity index (χ4v) is 1.72. The van der Waals surface area contributed by atoms with Crippen molar-refractivity contribution in [3.63, 3.8) is 0 Å². The lowest BCUT2D eigenvalue weighted by atomic mass is 9.88. The van der Waals surface area contributed by atoms with Gasteiger partial charge in [-0.15, -0.1) is 0 Å². The first-order valence-corrected chi connectivity index (χ1v) is 3.61. The van der Waals surface area contributed by atoms with Crippen LogP contribution in [0.4, 0.5) is 4.39 Å². The number of halogens is 1. The Hall–Kier alpha value is -0.600. The van der Waals surface area contributed by atoms with Crippen molar-refractivity contribution in [2.75, 3.05) is 0 Å². The maximum absolute atomic E-state index is 13.3. The van der Waals surface area contributed by atoms with Crippen molar-refractivity contribution in [2.24, 2.45) is 0 Å². The maximum atomic E-state index is 13.3. The molecule has 2 bridgehead atoms. The van der Waals surface area contributed by atoms with E-state index in [1.165, 1.54) is 0 Å². The standard InChI is InChI=1S/C7H9FO2/c8-7-3-1-2-5(4-7)10-6(7)9/h5H,1-4H2/t5-,7-/m1/s1. The number of fused-ring (bicyclic) bond motifs is 2. The van der Waals surface area contributed by atoms with Gasteiger partial charge in [0.2, 0.25) is 5.67 Å². The molecule has 0 N–H and O–H groups in total. The summed E-state index contributed by atoms with van der Waals surface area (Å²) in [6.45, 7) is 0. The Morgan fingerprint density at radius 2 is 2.50 bits per heavy atom. The minimum Gasteiger partial charge on any atom is -0.460 e. The van der Waals surface area contributed by atoms with Gasteiger partial charge in [-0.05, 0) is 19.3 Å². The predicted octanol–water partition coefficient (Wildman–Crippen LogP) is 1.19. The fraction of sp³-hybridized carbons (Fsp3) is 0.857. The molecule has 2 fully saturated rings. The van der Waals surface area contributed by atoms with Crippen LogP contribution in [0.25, 0.3) is 0 Å². The second-order valence-corrected chi connectivity index (χ2v) is 3.09. The van der Waals surface area contributed by atoms with Crippen molar-refractivity contribution in [3.05, 3.63) is 0 Å². The molecule has 0 unspecified atom stereocenters. The van der Waals surface area contributed by atoms with Crippen LogP contribution in [0.2, 0.25) is 0 Å². The van der Waals surface area contributed by atoms with E-state index in [-0.39, 0.29) is 6.10 Å². The summed E-state index contributed by atoms with van der Waals surface area (Å²) >= 11 is 0. The van der Waals surface area contributed by atoms with E-state index in [2.05, 4.69) is 0 Å². The highest BCUT2D eigenvalue weighted by Crippen LogP contribution is 2.40. The minimum absolute atomic E-state index is 0.119. The number of alkyl halides is 1. The highest BCUT2D eigenvalue weighted by atomic mass is 19.1. The van der Waals surface area contributed by atoms with Crippen LogP contribution in [0.5, 0.6) is 0 Å². The van der Waals surface area contributed by atoms with Gasteiger partial charge in [0.15, 0.2) is 0 Å². The summed E-state index contributed by atoms with van der Waals surface area (Å²) in [5.74, 6) is -0.630. The molecule has 0 spiro atoms. The number of hydrogen-bond donors (Lipinski definition) is 0. The van der Waals surface area contributed by atoms with Crippen molar-refractivity contribution in [1.82, 2.24) is 0 Å². The van der Waals surface area contributed by atoms with Crippen LogP contribution in [0.15, 0.2) is 0 Å². The second kappa shape index (κ2) is 1.71. The molecule has 0 aromatic heterocycles. The first-order chi connectivity index (χ1) is 4.71. The number of carbonyl (C=O) groups is 1. The third kappa shape index (κ3) is 0.662. The molecule has 2 atom stereocenters. The topological polar surface area (TPSA) is 26.3 Å². The molecule has 1 saturated heterocycles. The molecule has 10 heavy (non-hydrogen) atoms. The highest BCUT2D eigenvalue weighted by Gasteiger charge is 2.51. The van der Waals surface area contributed by atoms with Crippen molar-refractivity contribution in [1.29, 1.82) is 0 Å². The molecule has 0 amide bonds. The minimum atomic E-state index is -1.61. The summed E-state index contributed by atoms with van der Waals surface area (Å²) in [6.07, 6.45) is 2.17. The van der Waals surface area contributed by atoms with E-state index in [0.717, 1.165) is 12.8 Å². The Balaban J connectivity index is 2.26. The van der Waals surface area contributed by atoms with Crippen LogP contribution >= 0.6 is 0 Å². The zero-order chi connectivity index (χ0) is 7.19. The molecule has 0 radical (unpaired) electrons. The van der Waals surface area contributed by atoms with E-state index in [1.807, 2.05) is 0 Å². The average Bonchev–Trinajstić information content (AvgIpc) is 2.04. The maximum Gasteiger partial charge on any atom is 0.344 e. The normalized spacial score (nSPS) is 45.3. The molecule has 1 aliphatic heterocycles. The monoisotopic (exact) mass is 144 g/mol. The van der Waals surface area contributed by atoms with Gasteiger partial charge in [-0.3, -0.25) is 0 Å². The number of rotatable bonds is 0. The van der Waals surface area contributed by atoms with E-state index in [9.17, 15) is 9.18 Å². The van der Waals surface area contributed by atoms with Gasteiger partial charge in [-0.25, -0.2) is 9.18 Å². The summed E-state index contributed by atoms with van der Waals surface area (Å²) in [4.78, 5) is 10.8. The SMILES string of the molecule is O=C1O[C@@H]2CCC[C@@]1(F)C2. The molecule has 2 aliphatic rings. The van der Waals surface area contributed by atoms with Gasteiger partial charge in [0.05, 0.1) is 0 Å². The summed E-state index contributed by atoms with van der Waals surface area (Å²) < 4.78 is 18.0. The molecule has 2 rings (SSSR count). The zero-order valence-electron chi connectivity index (χ0n) is 5.60. The third-order valence-electron chi connectivity index (χ3n) is 2.29. The lowest BCUT2D eigenvalue weighted by molar-refractivity contribution is -0.148. The van der Waals surface area contributed by atoms with Crippen LogP contribution in [0.1, 0.15) is 25.7 Å². The summed E-state index contributed by atoms with van der Waals surface area (Å²) in [5.41, 5.74) is -1.61. The Morgan fingerprint density at radius 1 is 1.70 bits per heavy atom. The molecule has 3 heteroatoms. The van der Waals surface area contributed by atoms with Gasteiger partial charge in [-0.2, -0.15) is 0 Å². The second-order valence-electron chi connectivity index (χ2n) is 3.09. The lowest BCUT2D eigenvalue weighted by Gasteiger charge is -2.18. The molecule has 1 heterocycles. The largest absolute Gasteiger partial charge is 0.460 e. The van der Waals surface area contributed by atoms with Crippen LogP contribution in [-0.2, 0) is 9.53 Å².